The second kappa shape index (κ2) is 4.23. The molecule has 0 bridgehead atoms. The van der Waals surface area contributed by atoms with Gasteiger partial charge in [-0.15, -0.1) is 10.2 Å². The summed E-state index contributed by atoms with van der Waals surface area (Å²) in [4.78, 5) is 2.11. The molecular weight excluding hydrogens is 261 g/mol. The molecular formula is C11H9ClFN3S. The molecule has 0 amide bonds. The number of halogens is 2. The number of hydrogen-bond donors (Lipinski definition) is 0. The van der Waals surface area contributed by atoms with Gasteiger partial charge in [-0.3, -0.25) is 0 Å². The van der Waals surface area contributed by atoms with Crippen molar-refractivity contribution in [2.45, 2.75) is 13.0 Å². The first-order valence-electron chi connectivity index (χ1n) is 5.23. The number of nitrogens with zero attached hydrogens (tertiary/aromatic N) is 3. The van der Waals surface area contributed by atoms with Gasteiger partial charge in [-0.1, -0.05) is 17.4 Å². The maximum atomic E-state index is 13.2. The standard InChI is InChI=1S/C11H9ClFN3S/c12-11-15-14-10(17-11)6-16-4-3-7-1-2-8(13)5-9(7)16/h1-2,5H,3-4,6H2. The molecule has 1 aromatic heterocycles. The van der Waals surface area contributed by atoms with E-state index >= 15 is 0 Å². The summed E-state index contributed by atoms with van der Waals surface area (Å²) in [6, 6.07) is 4.92. The first-order chi connectivity index (χ1) is 8.22. The molecule has 0 aliphatic carbocycles. The van der Waals surface area contributed by atoms with E-state index in [1.165, 1.54) is 23.0 Å². The molecule has 1 aliphatic heterocycles. The predicted molar refractivity (Wildman–Crippen MR) is 66.1 cm³/mol. The highest BCUT2D eigenvalue weighted by atomic mass is 35.5. The van der Waals surface area contributed by atoms with Crippen LogP contribution in [-0.4, -0.2) is 16.7 Å². The van der Waals surface area contributed by atoms with Gasteiger partial charge in [0.1, 0.15) is 10.8 Å². The lowest BCUT2D eigenvalue weighted by molar-refractivity contribution is 0.627. The molecule has 0 radical (unpaired) electrons. The van der Waals surface area contributed by atoms with Gasteiger partial charge >= 0.3 is 0 Å². The fourth-order valence-corrected chi connectivity index (χ4v) is 2.93. The monoisotopic (exact) mass is 269 g/mol. The first kappa shape index (κ1) is 10.9. The molecule has 1 aromatic carbocycles. The molecule has 3 nitrogen and oxygen atoms in total. The minimum atomic E-state index is -0.203. The van der Waals surface area contributed by atoms with Crippen molar-refractivity contribution in [2.24, 2.45) is 0 Å². The third-order valence-corrected chi connectivity index (χ3v) is 3.81. The summed E-state index contributed by atoms with van der Waals surface area (Å²) in [6.45, 7) is 1.52. The van der Waals surface area contributed by atoms with E-state index in [4.69, 9.17) is 11.6 Å². The summed E-state index contributed by atoms with van der Waals surface area (Å²) < 4.78 is 13.6. The number of aromatic nitrogens is 2. The van der Waals surface area contributed by atoms with Gasteiger partial charge in [-0.2, -0.15) is 0 Å². The predicted octanol–water partition coefficient (Wildman–Crippen LogP) is 2.89. The van der Waals surface area contributed by atoms with Gasteiger partial charge < -0.3 is 4.90 Å². The highest BCUT2D eigenvalue weighted by Gasteiger charge is 2.20. The van der Waals surface area contributed by atoms with E-state index in [0.717, 1.165) is 23.7 Å². The van der Waals surface area contributed by atoms with E-state index in [1.54, 1.807) is 6.07 Å². The highest BCUT2D eigenvalue weighted by Crippen LogP contribution is 2.30. The van der Waals surface area contributed by atoms with Crippen molar-refractivity contribution < 1.29 is 4.39 Å². The second-order valence-electron chi connectivity index (χ2n) is 3.89. The Labute approximate surface area is 107 Å². The van der Waals surface area contributed by atoms with Gasteiger partial charge in [-0.25, -0.2) is 4.39 Å². The van der Waals surface area contributed by atoms with Gasteiger partial charge in [0.2, 0.25) is 4.47 Å². The normalized spacial score (nSPS) is 14.1. The molecule has 6 heteroatoms. The van der Waals surface area contributed by atoms with Crippen LogP contribution in [0, 0.1) is 5.82 Å². The number of anilines is 1. The quantitative estimate of drug-likeness (QED) is 0.839. The molecule has 2 aromatic rings. The summed E-state index contributed by atoms with van der Waals surface area (Å²) in [6.07, 6.45) is 0.947. The Morgan fingerprint density at radius 2 is 2.29 bits per heavy atom. The SMILES string of the molecule is Fc1ccc2c(c1)N(Cc1nnc(Cl)s1)CC2. The van der Waals surface area contributed by atoms with Crippen LogP contribution in [0.5, 0.6) is 0 Å². The molecule has 1 aliphatic rings. The Balaban J connectivity index is 1.86. The first-order valence-corrected chi connectivity index (χ1v) is 6.43. The lowest BCUT2D eigenvalue weighted by Crippen LogP contribution is -2.19. The number of rotatable bonds is 2. The number of fused-ring (bicyclic) bond motifs is 1. The molecule has 3 rings (SSSR count). The van der Waals surface area contributed by atoms with E-state index < -0.39 is 0 Å². The zero-order valence-electron chi connectivity index (χ0n) is 8.86. The Morgan fingerprint density at radius 3 is 3.06 bits per heavy atom. The van der Waals surface area contributed by atoms with Crippen LogP contribution in [0.1, 0.15) is 10.6 Å². The maximum Gasteiger partial charge on any atom is 0.207 e. The third-order valence-electron chi connectivity index (χ3n) is 2.81. The fourth-order valence-electron chi connectivity index (χ4n) is 2.04. The lowest BCUT2D eigenvalue weighted by Gasteiger charge is -2.17. The lowest BCUT2D eigenvalue weighted by atomic mass is 10.2. The largest absolute Gasteiger partial charge is 0.364 e. The van der Waals surface area contributed by atoms with Crippen LogP contribution in [0.3, 0.4) is 0 Å². The van der Waals surface area contributed by atoms with Crippen molar-refractivity contribution >= 4 is 28.6 Å². The van der Waals surface area contributed by atoms with Crippen molar-refractivity contribution in [2.75, 3.05) is 11.4 Å². The Morgan fingerprint density at radius 1 is 1.41 bits per heavy atom. The van der Waals surface area contributed by atoms with E-state index in [9.17, 15) is 4.39 Å². The minimum absolute atomic E-state index is 0.203. The van der Waals surface area contributed by atoms with Crippen LogP contribution >= 0.6 is 22.9 Å². The van der Waals surface area contributed by atoms with Crippen LogP contribution in [-0.2, 0) is 13.0 Å². The Hall–Kier alpha value is -1.20. The maximum absolute atomic E-state index is 13.2. The molecule has 0 saturated heterocycles. The average Bonchev–Trinajstić information content (AvgIpc) is 2.87. The van der Waals surface area contributed by atoms with Crippen molar-refractivity contribution in [1.82, 2.24) is 10.2 Å². The summed E-state index contributed by atoms with van der Waals surface area (Å²) >= 11 is 7.10. The second-order valence-corrected chi connectivity index (χ2v) is 5.54. The van der Waals surface area contributed by atoms with Gasteiger partial charge in [0.05, 0.1) is 6.54 Å². The van der Waals surface area contributed by atoms with E-state index in [1.807, 2.05) is 6.07 Å². The summed E-state index contributed by atoms with van der Waals surface area (Å²) in [5.41, 5.74) is 2.14. The molecule has 88 valence electrons. The van der Waals surface area contributed by atoms with Crippen molar-refractivity contribution in [1.29, 1.82) is 0 Å². The molecule has 0 spiro atoms. The fraction of sp³-hybridized carbons (Fsp3) is 0.273. The Bertz CT molecular complexity index is 557. The minimum Gasteiger partial charge on any atom is -0.364 e. The Kier molecular flexibility index (Phi) is 2.72. The van der Waals surface area contributed by atoms with Crippen LogP contribution in [0.4, 0.5) is 10.1 Å². The summed E-state index contributed by atoms with van der Waals surface area (Å²) in [7, 11) is 0. The van der Waals surface area contributed by atoms with Crippen molar-refractivity contribution in [3.8, 4) is 0 Å². The van der Waals surface area contributed by atoms with Crippen LogP contribution < -0.4 is 4.90 Å². The van der Waals surface area contributed by atoms with Crippen LogP contribution in [0.15, 0.2) is 18.2 Å². The van der Waals surface area contributed by atoms with Gasteiger partial charge in [0.15, 0.2) is 0 Å². The zero-order chi connectivity index (χ0) is 11.8. The van der Waals surface area contributed by atoms with Crippen LogP contribution in [0.2, 0.25) is 4.47 Å². The number of benzene rings is 1. The molecule has 0 N–H and O–H groups in total. The zero-order valence-corrected chi connectivity index (χ0v) is 10.4. The molecule has 17 heavy (non-hydrogen) atoms. The van der Waals surface area contributed by atoms with E-state index in [0.29, 0.717) is 11.0 Å². The van der Waals surface area contributed by atoms with Gasteiger partial charge in [0.25, 0.3) is 0 Å². The average molecular weight is 270 g/mol. The van der Waals surface area contributed by atoms with Crippen LogP contribution in [0.25, 0.3) is 0 Å². The summed E-state index contributed by atoms with van der Waals surface area (Å²) in [5.74, 6) is -0.203. The van der Waals surface area contributed by atoms with Gasteiger partial charge in [0, 0.05) is 12.2 Å². The summed E-state index contributed by atoms with van der Waals surface area (Å²) in [5, 5.41) is 8.59. The van der Waals surface area contributed by atoms with E-state index in [-0.39, 0.29) is 5.82 Å². The van der Waals surface area contributed by atoms with Crippen molar-refractivity contribution in [3.05, 3.63) is 39.1 Å². The smallest absolute Gasteiger partial charge is 0.207 e. The molecule has 0 fully saturated rings. The van der Waals surface area contributed by atoms with Crippen molar-refractivity contribution in [3.63, 3.8) is 0 Å². The highest BCUT2D eigenvalue weighted by molar-refractivity contribution is 7.15. The molecule has 0 saturated carbocycles. The van der Waals surface area contributed by atoms with E-state index in [2.05, 4.69) is 15.1 Å². The number of hydrogen-bond acceptors (Lipinski definition) is 4. The molecule has 0 atom stereocenters. The third kappa shape index (κ3) is 2.12. The molecule has 2 heterocycles. The topological polar surface area (TPSA) is 29.0 Å². The van der Waals surface area contributed by atoms with Gasteiger partial charge in [-0.05, 0) is 35.7 Å². The molecule has 0 unspecified atom stereocenters.